The van der Waals surface area contributed by atoms with Gasteiger partial charge in [0.25, 0.3) is 0 Å². The maximum absolute atomic E-state index is 10.9. The van der Waals surface area contributed by atoms with Crippen LogP contribution in [0.25, 0.3) is 0 Å². The lowest BCUT2D eigenvalue weighted by Gasteiger charge is -2.28. The lowest BCUT2D eigenvalue weighted by atomic mass is 9.95. The van der Waals surface area contributed by atoms with E-state index in [1.54, 1.807) is 0 Å². The van der Waals surface area contributed by atoms with Crippen molar-refractivity contribution in [1.82, 2.24) is 0 Å². The normalized spacial score (nSPS) is 22.1. The summed E-state index contributed by atoms with van der Waals surface area (Å²) < 4.78 is 32.2. The first-order valence-electron chi connectivity index (χ1n) is 4.64. The van der Waals surface area contributed by atoms with Crippen molar-refractivity contribution in [3.8, 4) is 0 Å². The molecule has 0 amide bonds. The standard InChI is InChI=1S/C8H17NO4S/c1-12-8(6-14(9,10)11)7-2-4-13-5-3-7/h7-8H,2-6H2,1H3,(H2,9,10,11). The Morgan fingerprint density at radius 1 is 1.50 bits per heavy atom. The van der Waals surface area contributed by atoms with Gasteiger partial charge in [-0.1, -0.05) is 0 Å². The topological polar surface area (TPSA) is 78.6 Å². The van der Waals surface area contributed by atoms with E-state index in [1.807, 2.05) is 0 Å². The predicted octanol–water partition coefficient (Wildman–Crippen LogP) is -0.283. The Balaban J connectivity index is 2.52. The molecule has 1 aliphatic heterocycles. The van der Waals surface area contributed by atoms with E-state index in [0.717, 1.165) is 12.8 Å². The summed E-state index contributed by atoms with van der Waals surface area (Å²) in [5, 5.41) is 4.98. The van der Waals surface area contributed by atoms with Gasteiger partial charge in [-0.05, 0) is 18.8 Å². The number of hydrogen-bond donors (Lipinski definition) is 1. The average molecular weight is 223 g/mol. The second kappa shape index (κ2) is 5.06. The van der Waals surface area contributed by atoms with Crippen molar-refractivity contribution in [3.05, 3.63) is 0 Å². The molecule has 0 aromatic heterocycles. The van der Waals surface area contributed by atoms with Crippen molar-refractivity contribution in [3.63, 3.8) is 0 Å². The van der Waals surface area contributed by atoms with Crippen LogP contribution in [0.15, 0.2) is 0 Å². The Hall–Kier alpha value is -0.170. The van der Waals surface area contributed by atoms with Crippen LogP contribution in [0.2, 0.25) is 0 Å². The third-order valence-electron chi connectivity index (χ3n) is 2.49. The zero-order chi connectivity index (χ0) is 10.6. The van der Waals surface area contributed by atoms with Gasteiger partial charge in [0.05, 0.1) is 11.9 Å². The molecular formula is C8H17NO4S. The first kappa shape index (κ1) is 11.9. The smallest absolute Gasteiger partial charge is 0.211 e. The molecule has 1 aliphatic rings. The van der Waals surface area contributed by atoms with Crippen molar-refractivity contribution in [2.24, 2.45) is 11.1 Å². The maximum Gasteiger partial charge on any atom is 0.211 e. The fraction of sp³-hybridized carbons (Fsp3) is 1.00. The monoisotopic (exact) mass is 223 g/mol. The van der Waals surface area contributed by atoms with E-state index < -0.39 is 10.0 Å². The van der Waals surface area contributed by atoms with Gasteiger partial charge in [-0.25, -0.2) is 13.6 Å². The van der Waals surface area contributed by atoms with Crippen LogP contribution in [0.1, 0.15) is 12.8 Å². The van der Waals surface area contributed by atoms with Crippen molar-refractivity contribution in [2.45, 2.75) is 18.9 Å². The van der Waals surface area contributed by atoms with Crippen molar-refractivity contribution < 1.29 is 17.9 Å². The molecular weight excluding hydrogens is 206 g/mol. The van der Waals surface area contributed by atoms with Gasteiger partial charge in [0.1, 0.15) is 0 Å². The van der Waals surface area contributed by atoms with Crippen molar-refractivity contribution in [1.29, 1.82) is 0 Å². The minimum Gasteiger partial charge on any atom is -0.381 e. The summed E-state index contributed by atoms with van der Waals surface area (Å²) in [5.74, 6) is 0.140. The molecule has 6 heteroatoms. The zero-order valence-electron chi connectivity index (χ0n) is 8.31. The van der Waals surface area contributed by atoms with E-state index in [4.69, 9.17) is 14.6 Å². The molecule has 1 unspecified atom stereocenters. The zero-order valence-corrected chi connectivity index (χ0v) is 9.13. The van der Waals surface area contributed by atoms with Crippen molar-refractivity contribution >= 4 is 10.0 Å². The van der Waals surface area contributed by atoms with E-state index in [1.165, 1.54) is 7.11 Å². The quantitative estimate of drug-likeness (QED) is 0.710. The lowest BCUT2D eigenvalue weighted by Crippen LogP contribution is -2.36. The number of hydrogen-bond acceptors (Lipinski definition) is 4. The van der Waals surface area contributed by atoms with Gasteiger partial charge in [-0.15, -0.1) is 0 Å². The third kappa shape index (κ3) is 3.91. The van der Waals surface area contributed by atoms with Gasteiger partial charge < -0.3 is 9.47 Å². The van der Waals surface area contributed by atoms with E-state index in [9.17, 15) is 8.42 Å². The molecule has 0 bridgehead atoms. The second-order valence-corrected chi connectivity index (χ2v) is 5.21. The number of rotatable bonds is 4. The molecule has 0 saturated carbocycles. The molecule has 0 radical (unpaired) electrons. The predicted molar refractivity (Wildman–Crippen MR) is 52.3 cm³/mol. The second-order valence-electron chi connectivity index (χ2n) is 3.55. The van der Waals surface area contributed by atoms with Gasteiger partial charge in [-0.2, -0.15) is 0 Å². The highest BCUT2D eigenvalue weighted by Crippen LogP contribution is 2.21. The molecule has 14 heavy (non-hydrogen) atoms. The molecule has 0 aromatic carbocycles. The summed E-state index contributed by atoms with van der Waals surface area (Å²) >= 11 is 0. The number of sulfonamides is 1. The van der Waals surface area contributed by atoms with Gasteiger partial charge in [-0.3, -0.25) is 0 Å². The maximum atomic E-state index is 10.9. The summed E-state index contributed by atoms with van der Waals surface area (Å²) in [4.78, 5) is 0. The molecule has 2 N–H and O–H groups in total. The van der Waals surface area contributed by atoms with Gasteiger partial charge >= 0.3 is 0 Å². The highest BCUT2D eigenvalue weighted by molar-refractivity contribution is 7.89. The molecule has 1 fully saturated rings. The molecule has 5 nitrogen and oxygen atoms in total. The Bertz CT molecular complexity index is 259. The first-order valence-corrected chi connectivity index (χ1v) is 6.35. The Morgan fingerprint density at radius 3 is 2.50 bits per heavy atom. The summed E-state index contributed by atoms with van der Waals surface area (Å²) in [6.45, 7) is 1.35. The van der Waals surface area contributed by atoms with Gasteiger partial charge in [0.2, 0.25) is 10.0 Å². The molecule has 1 saturated heterocycles. The van der Waals surface area contributed by atoms with E-state index in [0.29, 0.717) is 13.2 Å². The van der Waals surface area contributed by atoms with Crippen LogP contribution in [0.3, 0.4) is 0 Å². The number of methoxy groups -OCH3 is 1. The fourth-order valence-corrected chi connectivity index (χ4v) is 2.58. The summed E-state index contributed by atoms with van der Waals surface area (Å²) in [6, 6.07) is 0. The van der Waals surface area contributed by atoms with E-state index >= 15 is 0 Å². The van der Waals surface area contributed by atoms with Crippen LogP contribution in [0, 0.1) is 5.92 Å². The third-order valence-corrected chi connectivity index (χ3v) is 3.28. The number of ether oxygens (including phenoxy) is 2. The summed E-state index contributed by atoms with van der Waals surface area (Å²) in [7, 11) is -1.93. The Morgan fingerprint density at radius 2 is 2.07 bits per heavy atom. The summed E-state index contributed by atoms with van der Waals surface area (Å²) in [5.41, 5.74) is 0. The highest BCUT2D eigenvalue weighted by Gasteiger charge is 2.26. The average Bonchev–Trinajstić information content (AvgIpc) is 2.14. The summed E-state index contributed by atoms with van der Waals surface area (Å²) in [6.07, 6.45) is 1.39. The van der Waals surface area contributed by atoms with Gasteiger partial charge in [0, 0.05) is 20.3 Å². The lowest BCUT2D eigenvalue weighted by molar-refractivity contribution is -0.00322. The molecule has 84 valence electrons. The van der Waals surface area contributed by atoms with Crippen LogP contribution in [0.4, 0.5) is 0 Å². The molecule has 1 heterocycles. The molecule has 1 rings (SSSR count). The fourth-order valence-electron chi connectivity index (χ4n) is 1.71. The van der Waals surface area contributed by atoms with E-state index in [2.05, 4.69) is 0 Å². The first-order chi connectivity index (χ1) is 6.53. The Kier molecular flexibility index (Phi) is 4.31. The Labute approximate surface area is 84.6 Å². The van der Waals surface area contributed by atoms with Gasteiger partial charge in [0.15, 0.2) is 0 Å². The molecule has 0 aromatic rings. The largest absolute Gasteiger partial charge is 0.381 e. The van der Waals surface area contributed by atoms with E-state index in [-0.39, 0.29) is 17.8 Å². The van der Waals surface area contributed by atoms with Crippen LogP contribution in [-0.4, -0.2) is 40.6 Å². The number of nitrogens with two attached hydrogens (primary N) is 1. The minimum absolute atomic E-state index is 0.103. The van der Waals surface area contributed by atoms with Crippen LogP contribution < -0.4 is 5.14 Å². The SMILES string of the molecule is COC(CS(N)(=O)=O)C1CCOCC1. The van der Waals surface area contributed by atoms with Crippen LogP contribution in [-0.2, 0) is 19.5 Å². The minimum atomic E-state index is -3.45. The highest BCUT2D eigenvalue weighted by atomic mass is 32.2. The van der Waals surface area contributed by atoms with Crippen LogP contribution in [0.5, 0.6) is 0 Å². The molecule has 0 spiro atoms. The van der Waals surface area contributed by atoms with Crippen LogP contribution >= 0.6 is 0 Å². The molecule has 1 atom stereocenters. The van der Waals surface area contributed by atoms with Crippen molar-refractivity contribution in [2.75, 3.05) is 26.1 Å². The number of primary sulfonamides is 1. The molecule has 0 aliphatic carbocycles.